The molecule has 1 aromatic rings. The van der Waals surface area contributed by atoms with Crippen LogP contribution in [-0.2, 0) is 0 Å². The first kappa shape index (κ1) is 6.74. The number of halogens is 1. The lowest BCUT2D eigenvalue weighted by Crippen LogP contribution is -1.79. The molecule has 0 atom stereocenters. The van der Waals surface area contributed by atoms with Gasteiger partial charge in [-0.15, -0.1) is 0 Å². The summed E-state index contributed by atoms with van der Waals surface area (Å²) >= 11 is 0. The molecule has 0 saturated carbocycles. The molecule has 0 aliphatic carbocycles. The fourth-order valence-electron chi connectivity index (χ4n) is 0.598. The summed E-state index contributed by atoms with van der Waals surface area (Å²) in [5, 5.41) is 0. The Morgan fingerprint density at radius 1 is 1.30 bits per heavy atom. The van der Waals surface area contributed by atoms with E-state index in [1.807, 2.05) is 0 Å². The highest BCUT2D eigenvalue weighted by Crippen LogP contribution is 2.10. The van der Waals surface area contributed by atoms with Crippen LogP contribution >= 0.6 is 0 Å². The predicted octanol–water partition coefficient (Wildman–Crippen LogP) is 1.76. The normalized spacial score (nSPS) is 8.90. The highest BCUT2D eigenvalue weighted by atomic mass is 19.3. The van der Waals surface area contributed by atoms with Crippen molar-refractivity contribution in [2.24, 2.45) is 0 Å². The number of rotatable bonds is 2. The van der Waals surface area contributed by atoms with Crippen LogP contribution < -0.4 is 4.94 Å². The van der Waals surface area contributed by atoms with Gasteiger partial charge in [0.15, 0.2) is 5.75 Å². The van der Waals surface area contributed by atoms with E-state index >= 15 is 0 Å². The summed E-state index contributed by atoms with van der Waals surface area (Å²) in [6, 6.07) is 5.71. The molecule has 0 aliphatic heterocycles. The molecule has 0 heterocycles. The second kappa shape index (κ2) is 2.96. The van der Waals surface area contributed by atoms with Crippen LogP contribution in [0.2, 0.25) is 0 Å². The van der Waals surface area contributed by atoms with Gasteiger partial charge in [-0.1, -0.05) is 0 Å². The summed E-state index contributed by atoms with van der Waals surface area (Å²) in [5.74, 6) is 0.102. The van der Waals surface area contributed by atoms with Crippen LogP contribution in [0.4, 0.5) is 4.53 Å². The molecule has 0 spiro atoms. The van der Waals surface area contributed by atoms with Crippen LogP contribution in [0.15, 0.2) is 24.3 Å². The first-order chi connectivity index (χ1) is 4.86. The van der Waals surface area contributed by atoms with Crippen molar-refractivity contribution in [2.45, 2.75) is 0 Å². The van der Waals surface area contributed by atoms with Crippen molar-refractivity contribution in [1.29, 1.82) is 0 Å². The second-order valence-electron chi connectivity index (χ2n) is 1.76. The van der Waals surface area contributed by atoms with Crippen molar-refractivity contribution in [1.82, 2.24) is 0 Å². The van der Waals surface area contributed by atoms with Crippen LogP contribution in [0.3, 0.4) is 0 Å². The van der Waals surface area contributed by atoms with Crippen molar-refractivity contribution in [3.05, 3.63) is 29.8 Å². The van der Waals surface area contributed by atoms with E-state index in [4.69, 9.17) is 0 Å². The van der Waals surface area contributed by atoms with Crippen LogP contribution in [0.5, 0.6) is 5.75 Å². The van der Waals surface area contributed by atoms with E-state index in [0.29, 0.717) is 11.8 Å². The maximum Gasteiger partial charge on any atom is 0.171 e. The smallest absolute Gasteiger partial charge is 0.171 e. The summed E-state index contributed by atoms with van der Waals surface area (Å²) < 4.78 is 11.4. The summed E-state index contributed by atoms with van der Waals surface area (Å²) in [5.41, 5.74) is 0.501. The van der Waals surface area contributed by atoms with Crippen molar-refractivity contribution in [3.63, 3.8) is 0 Å². The van der Waals surface area contributed by atoms with Gasteiger partial charge in [0.2, 0.25) is 0 Å². The Morgan fingerprint density at radius 3 is 2.30 bits per heavy atom. The first-order valence-electron chi connectivity index (χ1n) is 2.70. The number of benzene rings is 1. The highest BCUT2D eigenvalue weighted by molar-refractivity contribution is 5.74. The molecule has 0 radical (unpaired) electrons. The number of aldehydes is 1. The third-order valence-electron chi connectivity index (χ3n) is 1.11. The highest BCUT2D eigenvalue weighted by Gasteiger charge is 1.91. The standard InChI is InChI=1S/C7H5FO2/c8-10-7-3-1-6(5-9)2-4-7/h1-5H. The molecule has 0 saturated heterocycles. The van der Waals surface area contributed by atoms with Gasteiger partial charge in [-0.05, 0) is 24.3 Å². The minimum Gasteiger partial charge on any atom is -0.298 e. The van der Waals surface area contributed by atoms with Crippen molar-refractivity contribution < 1.29 is 14.3 Å². The first-order valence-corrected chi connectivity index (χ1v) is 2.70. The monoisotopic (exact) mass is 140 g/mol. The van der Waals surface area contributed by atoms with Crippen LogP contribution in [0.1, 0.15) is 10.4 Å². The molecule has 0 amide bonds. The minimum absolute atomic E-state index is 0.102. The van der Waals surface area contributed by atoms with E-state index in [0.717, 1.165) is 0 Å². The minimum atomic E-state index is 0.102. The van der Waals surface area contributed by atoms with Crippen molar-refractivity contribution in [2.75, 3.05) is 0 Å². The van der Waals surface area contributed by atoms with Crippen LogP contribution in [-0.4, -0.2) is 6.29 Å². The largest absolute Gasteiger partial charge is 0.298 e. The van der Waals surface area contributed by atoms with Gasteiger partial charge in [-0.2, -0.15) is 0 Å². The molecule has 3 heteroatoms. The number of carbonyl (C=O) groups is 1. The Balaban J connectivity index is 2.90. The number of carbonyl (C=O) groups excluding carboxylic acids is 1. The molecule has 1 aromatic carbocycles. The topological polar surface area (TPSA) is 26.3 Å². The van der Waals surface area contributed by atoms with Gasteiger partial charge in [0, 0.05) is 10.1 Å². The molecule has 0 N–H and O–H groups in total. The summed E-state index contributed by atoms with van der Waals surface area (Å²) in [4.78, 5) is 13.5. The third kappa shape index (κ3) is 1.31. The number of hydrogen-bond donors (Lipinski definition) is 0. The fourth-order valence-corrected chi connectivity index (χ4v) is 0.598. The molecule has 0 unspecified atom stereocenters. The van der Waals surface area contributed by atoms with Crippen molar-refractivity contribution >= 4 is 6.29 Å². The zero-order valence-corrected chi connectivity index (χ0v) is 5.08. The van der Waals surface area contributed by atoms with E-state index in [1.165, 1.54) is 24.3 Å². The third-order valence-corrected chi connectivity index (χ3v) is 1.11. The maximum atomic E-state index is 11.4. The predicted molar refractivity (Wildman–Crippen MR) is 33.6 cm³/mol. The second-order valence-corrected chi connectivity index (χ2v) is 1.76. The Bertz CT molecular complexity index is 218. The van der Waals surface area contributed by atoms with Crippen LogP contribution in [0, 0.1) is 0 Å². The molecular formula is C7H5FO2. The average molecular weight is 140 g/mol. The number of hydrogen-bond acceptors (Lipinski definition) is 2. The lowest BCUT2D eigenvalue weighted by atomic mass is 10.2. The van der Waals surface area contributed by atoms with Crippen LogP contribution in [0.25, 0.3) is 0 Å². The van der Waals surface area contributed by atoms with Gasteiger partial charge in [-0.3, -0.25) is 9.74 Å². The molecule has 1 rings (SSSR count). The summed E-state index contributed by atoms with van der Waals surface area (Å²) in [6.07, 6.45) is 0.683. The van der Waals surface area contributed by atoms with E-state index < -0.39 is 0 Å². The molecular weight excluding hydrogens is 135 g/mol. The molecule has 0 bridgehead atoms. The Hall–Kier alpha value is -1.38. The molecule has 0 fully saturated rings. The van der Waals surface area contributed by atoms with Gasteiger partial charge in [0.05, 0.1) is 0 Å². The van der Waals surface area contributed by atoms with Crippen molar-refractivity contribution in [3.8, 4) is 5.75 Å². The van der Waals surface area contributed by atoms with E-state index in [9.17, 15) is 9.32 Å². The Kier molecular flexibility index (Phi) is 1.99. The zero-order valence-electron chi connectivity index (χ0n) is 5.08. The molecule has 0 aliphatic rings. The van der Waals surface area contributed by atoms with E-state index in [-0.39, 0.29) is 5.75 Å². The molecule has 10 heavy (non-hydrogen) atoms. The van der Waals surface area contributed by atoms with Gasteiger partial charge in [0.25, 0.3) is 0 Å². The Labute approximate surface area is 57.1 Å². The van der Waals surface area contributed by atoms with Gasteiger partial charge >= 0.3 is 0 Å². The van der Waals surface area contributed by atoms with E-state index in [2.05, 4.69) is 4.94 Å². The van der Waals surface area contributed by atoms with Gasteiger partial charge < -0.3 is 0 Å². The Morgan fingerprint density at radius 2 is 1.90 bits per heavy atom. The summed E-state index contributed by atoms with van der Waals surface area (Å²) in [6.45, 7) is 0. The fraction of sp³-hybridized carbons (Fsp3) is 0. The SMILES string of the molecule is O=Cc1ccc(OF)cc1. The maximum absolute atomic E-state index is 11.4. The molecule has 2 nitrogen and oxygen atoms in total. The molecule has 0 aromatic heterocycles. The zero-order chi connectivity index (χ0) is 7.40. The molecule has 52 valence electrons. The average Bonchev–Trinajstić information content (AvgIpc) is 2.05. The lowest BCUT2D eigenvalue weighted by molar-refractivity contribution is -0.00621. The quantitative estimate of drug-likeness (QED) is 0.585. The van der Waals surface area contributed by atoms with Gasteiger partial charge in [-0.25, -0.2) is 0 Å². The lowest BCUT2D eigenvalue weighted by Gasteiger charge is -1.91. The van der Waals surface area contributed by atoms with Gasteiger partial charge in [0.1, 0.15) is 6.29 Å². The van der Waals surface area contributed by atoms with E-state index in [1.54, 1.807) is 0 Å². The summed E-state index contributed by atoms with van der Waals surface area (Å²) in [7, 11) is 0.